The molecule has 0 unspecified atom stereocenters. The van der Waals surface area contributed by atoms with Crippen LogP contribution in [0.3, 0.4) is 0 Å². The Morgan fingerprint density at radius 2 is 0.949 bits per heavy atom. The molecule has 1 fully saturated rings. The Hall–Kier alpha value is -1.70. The van der Waals surface area contributed by atoms with Gasteiger partial charge in [-0.2, -0.15) is 0 Å². The molecule has 0 aliphatic heterocycles. The van der Waals surface area contributed by atoms with Gasteiger partial charge >= 0.3 is 0 Å². The van der Waals surface area contributed by atoms with Gasteiger partial charge < -0.3 is 0 Å². The summed E-state index contributed by atoms with van der Waals surface area (Å²) in [5.74, 6) is 2.90. The van der Waals surface area contributed by atoms with Crippen molar-refractivity contribution in [2.45, 2.75) is 162 Å². The minimum Gasteiger partial charge on any atom is -0.236 e. The van der Waals surface area contributed by atoms with Crippen molar-refractivity contribution < 1.29 is 0 Å². The highest BCUT2D eigenvalue weighted by atomic mass is 14.9. The summed E-state index contributed by atoms with van der Waals surface area (Å²) in [6, 6.07) is 9.01. The molecule has 2 aromatic rings. The van der Waals surface area contributed by atoms with Crippen LogP contribution in [0.25, 0.3) is 11.4 Å². The molecule has 0 bridgehead atoms. The van der Waals surface area contributed by atoms with Crippen molar-refractivity contribution in [3.63, 3.8) is 0 Å². The molecular weight excluding hydrogens is 472 g/mol. The van der Waals surface area contributed by atoms with Gasteiger partial charge in [-0.3, -0.25) is 0 Å². The predicted octanol–water partition coefficient (Wildman–Crippen LogP) is 11.7. The van der Waals surface area contributed by atoms with Crippen molar-refractivity contribution in [1.29, 1.82) is 0 Å². The Morgan fingerprint density at radius 3 is 1.51 bits per heavy atom. The second-order valence-electron chi connectivity index (χ2n) is 12.7. The molecule has 1 aromatic heterocycles. The average molecular weight is 533 g/mol. The molecule has 2 heteroatoms. The fourth-order valence-electron chi connectivity index (χ4n) is 6.52. The molecule has 1 saturated carbocycles. The molecule has 39 heavy (non-hydrogen) atoms. The van der Waals surface area contributed by atoms with Crippen LogP contribution in [0, 0.1) is 11.8 Å². The van der Waals surface area contributed by atoms with Crippen molar-refractivity contribution in [2.24, 2.45) is 11.8 Å². The summed E-state index contributed by atoms with van der Waals surface area (Å²) in [6.45, 7) is 4.61. The molecule has 1 heterocycles. The third-order valence-corrected chi connectivity index (χ3v) is 9.25. The highest BCUT2D eigenvalue weighted by molar-refractivity contribution is 5.55. The van der Waals surface area contributed by atoms with E-state index in [2.05, 4.69) is 48.1 Å². The number of hydrogen-bond acceptors (Lipinski definition) is 2. The van der Waals surface area contributed by atoms with Gasteiger partial charge in [-0.1, -0.05) is 160 Å². The third-order valence-electron chi connectivity index (χ3n) is 9.25. The number of hydrogen-bond donors (Lipinski definition) is 0. The number of aromatic nitrogens is 2. The lowest BCUT2D eigenvalue weighted by Crippen LogP contribution is -2.14. The van der Waals surface area contributed by atoms with Gasteiger partial charge in [-0.05, 0) is 48.6 Å². The van der Waals surface area contributed by atoms with Gasteiger partial charge in [0.15, 0.2) is 5.82 Å². The summed E-state index contributed by atoms with van der Waals surface area (Å²) in [5, 5.41) is 0. The fourth-order valence-corrected chi connectivity index (χ4v) is 6.52. The number of aryl methyl sites for hydroxylation is 2. The van der Waals surface area contributed by atoms with Crippen molar-refractivity contribution >= 4 is 0 Å². The summed E-state index contributed by atoms with van der Waals surface area (Å²) < 4.78 is 0. The second kappa shape index (κ2) is 20.2. The lowest BCUT2D eigenvalue weighted by molar-refractivity contribution is 0.245. The molecule has 1 aromatic carbocycles. The van der Waals surface area contributed by atoms with Crippen LogP contribution >= 0.6 is 0 Å². The quantitative estimate of drug-likeness (QED) is 0.149. The molecule has 0 saturated heterocycles. The standard InChI is InChI=1S/C37H60N2/c1-3-5-7-8-9-10-11-12-13-15-21-35-30-38-37(39-31-35)36-28-26-34(27-29-36)20-17-16-19-33-24-22-32(23-25-33)18-14-6-4-2/h26-33H,3-25H2,1-2H3. The Bertz CT molecular complexity index is 833. The molecule has 0 N–H and O–H groups in total. The van der Waals surface area contributed by atoms with Gasteiger partial charge in [0.05, 0.1) is 0 Å². The van der Waals surface area contributed by atoms with E-state index in [1.807, 2.05) is 12.4 Å². The normalized spacial score (nSPS) is 17.5. The minimum atomic E-state index is 0.860. The highest BCUT2D eigenvalue weighted by Crippen LogP contribution is 2.34. The van der Waals surface area contributed by atoms with Crippen LogP contribution in [-0.2, 0) is 12.8 Å². The maximum atomic E-state index is 4.68. The smallest absolute Gasteiger partial charge is 0.159 e. The van der Waals surface area contributed by atoms with Crippen molar-refractivity contribution in [3.05, 3.63) is 47.8 Å². The first-order chi connectivity index (χ1) is 19.3. The van der Waals surface area contributed by atoms with E-state index in [0.717, 1.165) is 29.6 Å². The van der Waals surface area contributed by atoms with Gasteiger partial charge in [0.1, 0.15) is 0 Å². The van der Waals surface area contributed by atoms with Crippen LogP contribution in [0.15, 0.2) is 36.7 Å². The molecule has 1 aliphatic rings. The zero-order chi connectivity index (χ0) is 27.4. The Kier molecular flexibility index (Phi) is 16.5. The topological polar surface area (TPSA) is 25.8 Å². The van der Waals surface area contributed by atoms with Gasteiger partial charge in [0.25, 0.3) is 0 Å². The number of rotatable bonds is 21. The molecule has 0 atom stereocenters. The molecular formula is C37H60N2. The maximum absolute atomic E-state index is 4.68. The second-order valence-corrected chi connectivity index (χ2v) is 12.7. The van der Waals surface area contributed by atoms with Crippen molar-refractivity contribution in [3.8, 4) is 11.4 Å². The summed E-state index contributed by atoms with van der Waals surface area (Å²) in [6.07, 6.45) is 36.1. The van der Waals surface area contributed by atoms with Crippen LogP contribution in [0.2, 0.25) is 0 Å². The van der Waals surface area contributed by atoms with Gasteiger partial charge in [-0.25, -0.2) is 9.97 Å². The molecule has 2 nitrogen and oxygen atoms in total. The number of benzene rings is 1. The fraction of sp³-hybridized carbons (Fsp3) is 0.730. The Labute approximate surface area is 242 Å². The van der Waals surface area contributed by atoms with E-state index in [-0.39, 0.29) is 0 Å². The molecule has 1 aliphatic carbocycles. The van der Waals surface area contributed by atoms with Crippen LogP contribution in [0.5, 0.6) is 0 Å². The molecule has 0 amide bonds. The summed E-state index contributed by atoms with van der Waals surface area (Å²) >= 11 is 0. The molecule has 0 radical (unpaired) electrons. The van der Waals surface area contributed by atoms with Crippen LogP contribution in [0.1, 0.15) is 160 Å². The van der Waals surface area contributed by atoms with Crippen molar-refractivity contribution in [2.75, 3.05) is 0 Å². The average Bonchev–Trinajstić information content (AvgIpc) is 2.98. The van der Waals surface area contributed by atoms with Crippen LogP contribution < -0.4 is 0 Å². The largest absolute Gasteiger partial charge is 0.236 e. The van der Waals surface area contributed by atoms with E-state index in [0.29, 0.717) is 0 Å². The monoisotopic (exact) mass is 532 g/mol. The zero-order valence-electron chi connectivity index (χ0n) is 25.8. The summed E-state index contributed by atoms with van der Waals surface area (Å²) in [5.41, 5.74) is 3.87. The van der Waals surface area contributed by atoms with Crippen molar-refractivity contribution in [1.82, 2.24) is 9.97 Å². The SMILES string of the molecule is CCCCCCCCCCCCc1cnc(-c2ccc(CCCCC3CCC(CCCCC)CC3)cc2)nc1. The van der Waals surface area contributed by atoms with Gasteiger partial charge in [0.2, 0.25) is 0 Å². The number of nitrogens with zero attached hydrogens (tertiary/aromatic N) is 2. The van der Waals surface area contributed by atoms with E-state index < -0.39 is 0 Å². The number of unbranched alkanes of at least 4 members (excludes halogenated alkanes) is 12. The first kappa shape index (κ1) is 31.8. The van der Waals surface area contributed by atoms with Gasteiger partial charge in [0, 0.05) is 18.0 Å². The zero-order valence-corrected chi connectivity index (χ0v) is 25.8. The maximum Gasteiger partial charge on any atom is 0.159 e. The summed E-state index contributed by atoms with van der Waals surface area (Å²) in [7, 11) is 0. The third kappa shape index (κ3) is 13.5. The minimum absolute atomic E-state index is 0.860. The first-order valence-corrected chi connectivity index (χ1v) is 17.2. The highest BCUT2D eigenvalue weighted by Gasteiger charge is 2.20. The van der Waals surface area contributed by atoms with E-state index in [1.54, 1.807) is 0 Å². The molecule has 0 spiro atoms. The summed E-state index contributed by atoms with van der Waals surface area (Å²) in [4.78, 5) is 9.37. The predicted molar refractivity (Wildman–Crippen MR) is 170 cm³/mol. The van der Waals surface area contributed by atoms with Crippen LogP contribution in [-0.4, -0.2) is 9.97 Å². The first-order valence-electron chi connectivity index (χ1n) is 17.2. The van der Waals surface area contributed by atoms with Crippen LogP contribution in [0.4, 0.5) is 0 Å². The van der Waals surface area contributed by atoms with Gasteiger partial charge in [-0.15, -0.1) is 0 Å². The Balaban J connectivity index is 1.24. The lowest BCUT2D eigenvalue weighted by atomic mass is 9.78. The van der Waals surface area contributed by atoms with E-state index in [4.69, 9.17) is 0 Å². The lowest BCUT2D eigenvalue weighted by Gasteiger charge is -2.28. The molecule has 3 rings (SSSR count). The van der Waals surface area contributed by atoms with E-state index in [9.17, 15) is 0 Å². The van der Waals surface area contributed by atoms with E-state index >= 15 is 0 Å². The molecule has 218 valence electrons. The van der Waals surface area contributed by atoms with E-state index in [1.165, 1.54) is 152 Å². The Morgan fingerprint density at radius 1 is 0.513 bits per heavy atom.